The molecule has 2 heterocycles. The van der Waals surface area contributed by atoms with Gasteiger partial charge in [0.2, 0.25) is 11.8 Å². The first-order chi connectivity index (χ1) is 34.8. The Morgan fingerprint density at radius 1 is 0.587 bits per heavy atom. The minimum absolute atomic E-state index is 0.0268. The Morgan fingerprint density at radius 3 is 1.40 bits per heavy atom. The maximum atomic E-state index is 15.4. The van der Waals surface area contributed by atoms with Crippen LogP contribution in [0.4, 0.5) is 11.6 Å². The molecule has 3 aromatic rings. The summed E-state index contributed by atoms with van der Waals surface area (Å²) in [6.07, 6.45) is 0.441. The molecule has 2 aromatic carbocycles. The molecular weight excluding hydrogens is 951 g/mol. The highest BCUT2D eigenvalue weighted by Gasteiger charge is 2.51. The molecule has 1 aromatic heterocycles. The van der Waals surface area contributed by atoms with Gasteiger partial charge in [0.05, 0.1) is 12.8 Å². The van der Waals surface area contributed by atoms with Crippen LogP contribution in [0, 0.1) is 57.2 Å². The summed E-state index contributed by atoms with van der Waals surface area (Å²) in [7, 11) is 0. The van der Waals surface area contributed by atoms with Crippen molar-refractivity contribution >= 4 is 64.6 Å². The SMILES string of the molecule is CC1CC(C(C)(C)C)C(OC(=O)C2=C(c3ccccc3)C(=Nc3[nH]c(NC(=O)CCC(=O)O)c(C(=O)OC4C(C(C)(C)C)CC(C)CC4C(C)(C)C)c3-c3ccccc3)N=C2NC(=O)CCC(=O)O)C(C(C)(C)C)C1. The summed E-state index contributed by atoms with van der Waals surface area (Å²) in [5, 5.41) is 24.6. The lowest BCUT2D eigenvalue weighted by molar-refractivity contribution is -0.164. The Kier molecular flexibility index (Phi) is 17.6. The fourth-order valence-electron chi connectivity index (χ4n) is 11.5. The molecule has 0 saturated heterocycles. The molecule has 0 bridgehead atoms. The van der Waals surface area contributed by atoms with Gasteiger partial charge in [-0.15, -0.1) is 0 Å². The molecule has 2 aliphatic carbocycles. The molecule has 3 aliphatic rings. The number of hydrogen-bond donors (Lipinski definition) is 5. The van der Waals surface area contributed by atoms with Crippen molar-refractivity contribution in [1.82, 2.24) is 10.3 Å². The Hall–Kier alpha value is -6.38. The standard InChI is InChI=1S/C60H81N5O10/c1-33-29-37(57(3,4)5)49(38(30-33)58(6,7)8)74-55(72)47-45(35-21-17-15-18-22-35)51(64-53(47)61-41(66)25-27-43(68)69)63-52-46(36-23-19-16-20-24-36)48(54(65-52)62-42(67)26-28-44(70)71)56(73)75-50-39(59(9,10)11)31-34(2)32-40(50)60(12,13)14/h15-24,33-34,37-40,49-50,64H,25-32H2,1-14H3,(H,61,66)(H,68,69)(H,70,71)(H,62,63,65,67). The smallest absolute Gasteiger partial charge is 0.343 e. The molecule has 15 heteroatoms. The van der Waals surface area contributed by atoms with Crippen LogP contribution in [-0.2, 0) is 33.4 Å². The predicted octanol–water partition coefficient (Wildman–Crippen LogP) is 12.3. The molecule has 406 valence electrons. The summed E-state index contributed by atoms with van der Waals surface area (Å²) in [5.74, 6) is -4.99. The highest BCUT2D eigenvalue weighted by Crippen LogP contribution is 2.52. The van der Waals surface area contributed by atoms with Crippen molar-refractivity contribution < 1.29 is 48.5 Å². The van der Waals surface area contributed by atoms with Crippen LogP contribution in [0.2, 0.25) is 0 Å². The number of carbonyl (C=O) groups is 6. The minimum atomic E-state index is -1.19. The Labute approximate surface area is 443 Å². The van der Waals surface area contributed by atoms with Crippen LogP contribution in [-0.4, -0.2) is 74.8 Å². The number of carboxylic acid groups (broad SMARTS) is 2. The van der Waals surface area contributed by atoms with E-state index in [0.717, 1.165) is 25.7 Å². The zero-order chi connectivity index (χ0) is 55.5. The third-order valence-corrected chi connectivity index (χ3v) is 15.5. The lowest BCUT2D eigenvalue weighted by Gasteiger charge is -2.50. The van der Waals surface area contributed by atoms with E-state index >= 15 is 9.59 Å². The van der Waals surface area contributed by atoms with Gasteiger partial charge in [-0.25, -0.2) is 19.6 Å². The van der Waals surface area contributed by atoms with E-state index in [0.29, 0.717) is 23.0 Å². The number of benzene rings is 2. The lowest BCUT2D eigenvalue weighted by Crippen LogP contribution is -2.50. The molecule has 4 unspecified atom stereocenters. The molecule has 0 spiro atoms. The number of nitrogens with one attached hydrogen (secondary N) is 3. The van der Waals surface area contributed by atoms with Gasteiger partial charge in [0, 0.05) is 47.6 Å². The average Bonchev–Trinajstić information content (AvgIpc) is 3.84. The zero-order valence-corrected chi connectivity index (χ0v) is 46.6. The van der Waals surface area contributed by atoms with Crippen molar-refractivity contribution in [2.45, 2.75) is 161 Å². The van der Waals surface area contributed by atoms with E-state index in [-0.39, 0.29) is 90.9 Å². The van der Waals surface area contributed by atoms with Crippen LogP contribution in [0.25, 0.3) is 16.7 Å². The van der Waals surface area contributed by atoms with E-state index in [9.17, 15) is 29.4 Å². The summed E-state index contributed by atoms with van der Waals surface area (Å²) < 4.78 is 13.6. The summed E-state index contributed by atoms with van der Waals surface area (Å²) in [4.78, 5) is 94.8. The number of H-pyrrole nitrogens is 1. The van der Waals surface area contributed by atoms with E-state index < -0.39 is 73.6 Å². The van der Waals surface area contributed by atoms with Gasteiger partial charge in [-0.05, 0) is 70.3 Å². The van der Waals surface area contributed by atoms with E-state index in [1.807, 2.05) is 12.1 Å². The van der Waals surface area contributed by atoms with Crippen molar-refractivity contribution in [1.29, 1.82) is 0 Å². The summed E-state index contributed by atoms with van der Waals surface area (Å²) >= 11 is 0. The number of anilines is 1. The number of amidine groups is 2. The van der Waals surface area contributed by atoms with Crippen LogP contribution in [0.15, 0.2) is 76.2 Å². The number of amides is 2. The van der Waals surface area contributed by atoms with Gasteiger partial charge in [-0.3, -0.25) is 19.2 Å². The van der Waals surface area contributed by atoms with Crippen LogP contribution >= 0.6 is 0 Å². The number of rotatable bonds is 14. The van der Waals surface area contributed by atoms with Crippen molar-refractivity contribution in [2.75, 3.05) is 5.32 Å². The second-order valence-corrected chi connectivity index (χ2v) is 25.6. The van der Waals surface area contributed by atoms with Gasteiger partial charge in [0.25, 0.3) is 0 Å². The molecule has 0 radical (unpaired) electrons. The van der Waals surface area contributed by atoms with Crippen molar-refractivity contribution in [2.24, 2.45) is 67.2 Å². The summed E-state index contributed by atoms with van der Waals surface area (Å²) in [6, 6.07) is 17.9. The second-order valence-electron chi connectivity index (χ2n) is 25.6. The van der Waals surface area contributed by atoms with Gasteiger partial charge in [0.1, 0.15) is 35.0 Å². The fourth-order valence-corrected chi connectivity index (χ4v) is 11.5. The van der Waals surface area contributed by atoms with Crippen molar-refractivity contribution in [3.8, 4) is 11.1 Å². The number of aliphatic imine (C=N–C) groups is 2. The normalized spacial score (nSPS) is 24.1. The van der Waals surface area contributed by atoms with Gasteiger partial charge >= 0.3 is 23.9 Å². The maximum Gasteiger partial charge on any atom is 0.343 e. The van der Waals surface area contributed by atoms with E-state index in [4.69, 9.17) is 19.5 Å². The Balaban J connectivity index is 1.63. The maximum absolute atomic E-state index is 15.4. The molecule has 75 heavy (non-hydrogen) atoms. The zero-order valence-electron chi connectivity index (χ0n) is 46.6. The molecule has 5 N–H and O–H groups in total. The first kappa shape index (κ1) is 57.9. The molecule has 2 fully saturated rings. The number of hydrogen-bond acceptors (Lipinski definition) is 9. The van der Waals surface area contributed by atoms with Crippen molar-refractivity contribution in [3.05, 3.63) is 77.4 Å². The van der Waals surface area contributed by atoms with Gasteiger partial charge < -0.3 is 35.3 Å². The number of esters is 2. The quantitative estimate of drug-likeness (QED) is 0.0960. The highest BCUT2D eigenvalue weighted by atomic mass is 16.5. The third-order valence-electron chi connectivity index (χ3n) is 15.5. The third kappa shape index (κ3) is 14.1. The van der Waals surface area contributed by atoms with Crippen LogP contribution in [0.3, 0.4) is 0 Å². The molecule has 2 amide bonds. The number of aromatic nitrogens is 1. The van der Waals surface area contributed by atoms with Crippen molar-refractivity contribution in [3.63, 3.8) is 0 Å². The number of carbonyl (C=O) groups excluding carboxylic acids is 4. The molecule has 1 aliphatic heterocycles. The van der Waals surface area contributed by atoms with Gasteiger partial charge in [0.15, 0.2) is 11.7 Å². The minimum Gasteiger partial charge on any atom is -0.481 e. The molecular formula is C60H81N5O10. The molecule has 4 atom stereocenters. The highest BCUT2D eigenvalue weighted by molar-refractivity contribution is 6.45. The molecule has 6 rings (SSSR count). The van der Waals surface area contributed by atoms with Gasteiger partial charge in [-0.2, -0.15) is 0 Å². The van der Waals surface area contributed by atoms with Crippen LogP contribution in [0.1, 0.15) is 164 Å². The number of carboxylic acids is 2. The topological polar surface area (TPSA) is 226 Å². The number of aliphatic carboxylic acids is 2. The first-order valence-electron chi connectivity index (χ1n) is 26.6. The lowest BCUT2D eigenvalue weighted by atomic mass is 9.59. The van der Waals surface area contributed by atoms with Crippen LogP contribution in [0.5, 0.6) is 0 Å². The molecule has 15 nitrogen and oxygen atoms in total. The summed E-state index contributed by atoms with van der Waals surface area (Å²) in [5.41, 5.74) is 0.233. The number of nitrogens with zero attached hydrogens (tertiary/aromatic N) is 2. The predicted molar refractivity (Wildman–Crippen MR) is 292 cm³/mol. The summed E-state index contributed by atoms with van der Waals surface area (Å²) in [6.45, 7) is 30.3. The Bertz CT molecular complexity index is 2660. The fraction of sp³-hybridized carbons (Fsp3) is 0.567. The monoisotopic (exact) mass is 1030 g/mol. The first-order valence-corrected chi connectivity index (χ1v) is 26.6. The average molecular weight is 1030 g/mol. The number of ether oxygens (including phenoxy) is 2. The Morgan fingerprint density at radius 2 is 0.987 bits per heavy atom. The largest absolute Gasteiger partial charge is 0.481 e. The van der Waals surface area contributed by atoms with E-state index in [1.165, 1.54) is 0 Å². The van der Waals surface area contributed by atoms with Crippen LogP contribution < -0.4 is 10.6 Å². The number of aromatic amines is 1. The molecule has 2 saturated carbocycles. The van der Waals surface area contributed by atoms with E-state index in [2.05, 4.69) is 113 Å². The van der Waals surface area contributed by atoms with Gasteiger partial charge in [-0.1, -0.05) is 158 Å². The van der Waals surface area contributed by atoms with E-state index in [1.54, 1.807) is 48.5 Å². The second kappa shape index (κ2) is 22.8.